The smallest absolute Gasteiger partial charge is 0.276 e. The van der Waals surface area contributed by atoms with Crippen molar-refractivity contribution in [2.24, 2.45) is 0 Å². The molecule has 3 rings (SSSR count). The van der Waals surface area contributed by atoms with E-state index in [1.54, 1.807) is 6.20 Å². The molecule has 0 radical (unpaired) electrons. The molecule has 0 aliphatic carbocycles. The number of para-hydroxylation sites is 1. The number of rotatable bonds is 3. The highest BCUT2D eigenvalue weighted by atomic mass is 32.2. The lowest BCUT2D eigenvalue weighted by molar-refractivity contribution is 0.0787. The molecule has 0 N–H and O–H groups in total. The number of benzene rings is 1. The molecular formula is C14H16N4OS. The molecule has 2 heterocycles. The van der Waals surface area contributed by atoms with Crippen LogP contribution in [0.2, 0.25) is 0 Å². The Morgan fingerprint density at radius 1 is 1.35 bits per heavy atom. The summed E-state index contributed by atoms with van der Waals surface area (Å²) in [6.45, 7) is 1.61. The Labute approximate surface area is 122 Å². The zero-order valence-corrected chi connectivity index (χ0v) is 12.1. The molecule has 1 aliphatic heterocycles. The van der Waals surface area contributed by atoms with Gasteiger partial charge in [0.15, 0.2) is 5.69 Å². The monoisotopic (exact) mass is 288 g/mol. The molecule has 6 heteroatoms. The quantitative estimate of drug-likeness (QED) is 0.865. The van der Waals surface area contributed by atoms with E-state index in [9.17, 15) is 4.79 Å². The molecule has 1 saturated heterocycles. The molecule has 20 heavy (non-hydrogen) atoms. The fourth-order valence-corrected chi connectivity index (χ4v) is 2.98. The maximum atomic E-state index is 12.4. The first-order valence-corrected chi connectivity index (χ1v) is 7.86. The molecule has 0 saturated carbocycles. The summed E-state index contributed by atoms with van der Waals surface area (Å²) in [5, 5.41) is 9.00. The lowest BCUT2D eigenvalue weighted by atomic mass is 10.3. The maximum Gasteiger partial charge on any atom is 0.276 e. The van der Waals surface area contributed by atoms with Crippen molar-refractivity contribution < 1.29 is 4.79 Å². The van der Waals surface area contributed by atoms with Gasteiger partial charge in [0.05, 0.1) is 11.9 Å². The molecule has 1 amide bonds. The molecule has 1 fully saturated rings. The van der Waals surface area contributed by atoms with Crippen LogP contribution in [0, 0.1) is 0 Å². The van der Waals surface area contributed by atoms with Crippen LogP contribution in [0.15, 0.2) is 36.5 Å². The van der Waals surface area contributed by atoms with E-state index < -0.39 is 0 Å². The summed E-state index contributed by atoms with van der Waals surface area (Å²) in [5.74, 6) is -0.0243. The van der Waals surface area contributed by atoms with Crippen molar-refractivity contribution in [2.75, 3.05) is 19.3 Å². The van der Waals surface area contributed by atoms with Gasteiger partial charge in [0, 0.05) is 18.3 Å². The lowest BCUT2D eigenvalue weighted by Gasteiger charge is -2.13. The molecule has 2 aromatic rings. The Hall–Kier alpha value is -1.82. The highest BCUT2D eigenvalue weighted by Crippen LogP contribution is 2.21. The number of likely N-dealkylation sites (tertiary alicyclic amines) is 1. The Morgan fingerprint density at radius 2 is 2.15 bits per heavy atom. The van der Waals surface area contributed by atoms with Crippen molar-refractivity contribution in [1.29, 1.82) is 0 Å². The zero-order chi connectivity index (χ0) is 13.9. The van der Waals surface area contributed by atoms with E-state index in [1.165, 1.54) is 4.80 Å². The Bertz CT molecular complexity index is 598. The molecule has 1 atom stereocenters. The molecule has 0 spiro atoms. The van der Waals surface area contributed by atoms with E-state index in [0.717, 1.165) is 25.2 Å². The average molecular weight is 288 g/mol. The van der Waals surface area contributed by atoms with Crippen molar-refractivity contribution in [2.45, 2.75) is 11.7 Å². The lowest BCUT2D eigenvalue weighted by Crippen LogP contribution is -2.29. The van der Waals surface area contributed by atoms with Gasteiger partial charge in [-0.25, -0.2) is 0 Å². The van der Waals surface area contributed by atoms with Gasteiger partial charge in [-0.15, -0.1) is 5.10 Å². The second kappa shape index (κ2) is 5.66. The van der Waals surface area contributed by atoms with Crippen LogP contribution in [0.5, 0.6) is 0 Å². The topological polar surface area (TPSA) is 51.0 Å². The van der Waals surface area contributed by atoms with E-state index in [-0.39, 0.29) is 5.91 Å². The highest BCUT2D eigenvalue weighted by Gasteiger charge is 2.27. The summed E-state index contributed by atoms with van der Waals surface area (Å²) in [5.41, 5.74) is 1.27. The predicted octanol–water partition coefficient (Wildman–Crippen LogP) is 1.84. The molecular weight excluding hydrogens is 272 g/mol. The summed E-state index contributed by atoms with van der Waals surface area (Å²) in [7, 11) is 0. The largest absolute Gasteiger partial charge is 0.336 e. The van der Waals surface area contributed by atoms with E-state index in [1.807, 2.05) is 47.0 Å². The van der Waals surface area contributed by atoms with Crippen LogP contribution in [0.1, 0.15) is 16.9 Å². The number of carbonyl (C=O) groups excluding carboxylic acids is 1. The van der Waals surface area contributed by atoms with Crippen molar-refractivity contribution in [3.05, 3.63) is 42.2 Å². The third-order valence-corrected chi connectivity index (χ3v) is 4.52. The molecule has 104 valence electrons. The predicted molar refractivity (Wildman–Crippen MR) is 79.2 cm³/mol. The van der Waals surface area contributed by atoms with Gasteiger partial charge in [0.1, 0.15) is 0 Å². The van der Waals surface area contributed by atoms with Gasteiger partial charge in [-0.2, -0.15) is 21.7 Å². The number of hydrogen-bond acceptors (Lipinski definition) is 4. The Kier molecular flexibility index (Phi) is 3.73. The second-order valence-corrected chi connectivity index (χ2v) is 5.89. The second-order valence-electron chi connectivity index (χ2n) is 4.75. The summed E-state index contributed by atoms with van der Waals surface area (Å²) in [6, 6.07) is 9.60. The van der Waals surface area contributed by atoms with Gasteiger partial charge in [0.25, 0.3) is 5.91 Å². The van der Waals surface area contributed by atoms with Crippen LogP contribution in [0.4, 0.5) is 0 Å². The third-order valence-electron chi connectivity index (χ3n) is 3.46. The number of aromatic nitrogens is 3. The molecule has 1 aromatic heterocycles. The number of nitrogens with zero attached hydrogens (tertiary/aromatic N) is 4. The van der Waals surface area contributed by atoms with Crippen LogP contribution in [0.3, 0.4) is 0 Å². The van der Waals surface area contributed by atoms with Gasteiger partial charge >= 0.3 is 0 Å². The third kappa shape index (κ3) is 2.56. The number of thioether (sulfide) groups is 1. The number of amides is 1. The average Bonchev–Trinajstić information content (AvgIpc) is 3.17. The molecule has 1 aliphatic rings. The first kappa shape index (κ1) is 13.2. The van der Waals surface area contributed by atoms with Gasteiger partial charge < -0.3 is 4.90 Å². The minimum absolute atomic E-state index is 0.0243. The minimum atomic E-state index is -0.0243. The van der Waals surface area contributed by atoms with E-state index >= 15 is 0 Å². The normalized spacial score (nSPS) is 18.4. The standard InChI is InChI=1S/C14H16N4OS/c1-20-12-7-8-17(10-12)14(19)13-9-15-18(16-13)11-5-3-2-4-6-11/h2-6,9,12H,7-8,10H2,1H3/t12-/m0/s1. The Balaban J connectivity index is 1.76. The number of carbonyl (C=O) groups is 1. The summed E-state index contributed by atoms with van der Waals surface area (Å²) in [4.78, 5) is 15.7. The van der Waals surface area contributed by atoms with E-state index in [4.69, 9.17) is 0 Å². The SMILES string of the molecule is CS[C@H]1CCN(C(=O)c2cnn(-c3ccccc3)n2)C1. The molecule has 0 bridgehead atoms. The van der Waals surface area contributed by atoms with Crippen LogP contribution in [-0.4, -0.2) is 50.4 Å². The molecule has 1 aromatic carbocycles. The highest BCUT2D eigenvalue weighted by molar-refractivity contribution is 7.99. The fraction of sp³-hybridized carbons (Fsp3) is 0.357. The van der Waals surface area contributed by atoms with E-state index in [0.29, 0.717) is 10.9 Å². The Morgan fingerprint density at radius 3 is 2.85 bits per heavy atom. The van der Waals surface area contributed by atoms with Gasteiger partial charge in [-0.3, -0.25) is 4.79 Å². The van der Waals surface area contributed by atoms with Crippen LogP contribution >= 0.6 is 11.8 Å². The van der Waals surface area contributed by atoms with Crippen molar-refractivity contribution in [3.8, 4) is 5.69 Å². The fourth-order valence-electron chi connectivity index (χ4n) is 2.31. The minimum Gasteiger partial charge on any atom is -0.336 e. The van der Waals surface area contributed by atoms with Crippen LogP contribution in [0.25, 0.3) is 5.69 Å². The van der Waals surface area contributed by atoms with Gasteiger partial charge in [-0.05, 0) is 24.8 Å². The summed E-state index contributed by atoms with van der Waals surface area (Å²) >= 11 is 1.82. The van der Waals surface area contributed by atoms with Gasteiger partial charge in [0.2, 0.25) is 0 Å². The first-order valence-electron chi connectivity index (χ1n) is 6.58. The van der Waals surface area contributed by atoms with Crippen LogP contribution in [-0.2, 0) is 0 Å². The van der Waals surface area contributed by atoms with Gasteiger partial charge in [-0.1, -0.05) is 18.2 Å². The zero-order valence-electron chi connectivity index (χ0n) is 11.3. The molecule has 0 unspecified atom stereocenters. The maximum absolute atomic E-state index is 12.4. The van der Waals surface area contributed by atoms with Crippen molar-refractivity contribution >= 4 is 17.7 Å². The number of hydrogen-bond donors (Lipinski definition) is 0. The van der Waals surface area contributed by atoms with E-state index in [2.05, 4.69) is 16.5 Å². The van der Waals surface area contributed by atoms with Crippen LogP contribution < -0.4 is 0 Å². The first-order chi connectivity index (χ1) is 9.78. The van der Waals surface area contributed by atoms with Crippen molar-refractivity contribution in [3.63, 3.8) is 0 Å². The van der Waals surface area contributed by atoms with Crippen molar-refractivity contribution in [1.82, 2.24) is 19.9 Å². The molecule has 5 nitrogen and oxygen atoms in total. The summed E-state index contributed by atoms with van der Waals surface area (Å²) in [6.07, 6.45) is 4.69. The summed E-state index contributed by atoms with van der Waals surface area (Å²) < 4.78 is 0.